The molecule has 1 saturated carbocycles. The molecular formula is C22H29N5O. The normalized spacial score (nSPS) is 26.7. The number of aromatic nitrogens is 4. The van der Waals surface area contributed by atoms with Gasteiger partial charge in [0, 0.05) is 60.8 Å². The molecule has 3 aromatic heterocycles. The van der Waals surface area contributed by atoms with Gasteiger partial charge >= 0.3 is 0 Å². The lowest BCUT2D eigenvalue weighted by Crippen LogP contribution is -2.50. The van der Waals surface area contributed by atoms with Crippen molar-refractivity contribution in [3.63, 3.8) is 0 Å². The maximum atomic E-state index is 5.62. The van der Waals surface area contributed by atoms with E-state index in [1.807, 2.05) is 17.9 Å². The third kappa shape index (κ3) is 3.25. The molecule has 1 N–H and O–H groups in total. The number of hydrogen-bond donors (Lipinski definition) is 1. The smallest absolute Gasteiger partial charge is 0.137 e. The molecule has 148 valence electrons. The third-order valence-corrected chi connectivity index (χ3v) is 6.62. The van der Waals surface area contributed by atoms with Crippen LogP contribution < -0.4 is 0 Å². The second kappa shape index (κ2) is 7.33. The molecule has 0 amide bonds. The topological polar surface area (TPSA) is 59.0 Å². The van der Waals surface area contributed by atoms with E-state index in [2.05, 4.69) is 46.6 Å². The number of nitrogens with zero attached hydrogens (tertiary/aromatic N) is 4. The van der Waals surface area contributed by atoms with Crippen molar-refractivity contribution in [1.29, 1.82) is 0 Å². The largest absolute Gasteiger partial charge is 0.379 e. The summed E-state index contributed by atoms with van der Waals surface area (Å²) in [4.78, 5) is 10.7. The fraction of sp³-hybridized carbons (Fsp3) is 0.545. The van der Waals surface area contributed by atoms with Crippen LogP contribution in [0.2, 0.25) is 0 Å². The Balaban J connectivity index is 1.34. The minimum Gasteiger partial charge on any atom is -0.379 e. The minimum absolute atomic E-state index is 0.551. The number of hydrogen-bond acceptors (Lipinski definition) is 4. The van der Waals surface area contributed by atoms with Crippen LogP contribution in [0.1, 0.15) is 44.1 Å². The number of pyridine rings is 1. The number of morpholine rings is 1. The standard InChI is InChI=1S/C22H29N5O/c1-15-14-28-8-7-27(15)19-5-3-16(4-6-19)17-9-20-21(12-24-22(20)23-10-17)18-11-25-26(2)13-18/h9-13,15-16,19H,3-8,14H2,1-2H3,(H,23,24)/t15-,16-,19-/m0/s1. The van der Waals surface area contributed by atoms with Crippen molar-refractivity contribution < 1.29 is 4.74 Å². The van der Waals surface area contributed by atoms with E-state index >= 15 is 0 Å². The zero-order valence-electron chi connectivity index (χ0n) is 16.8. The molecule has 0 unspecified atom stereocenters. The van der Waals surface area contributed by atoms with Gasteiger partial charge in [0.1, 0.15) is 5.65 Å². The van der Waals surface area contributed by atoms with E-state index in [0.717, 1.165) is 31.0 Å². The highest BCUT2D eigenvalue weighted by Gasteiger charge is 2.31. The van der Waals surface area contributed by atoms with E-state index in [1.54, 1.807) is 0 Å². The van der Waals surface area contributed by atoms with Crippen molar-refractivity contribution >= 4 is 11.0 Å². The summed E-state index contributed by atoms with van der Waals surface area (Å²) in [6.45, 7) is 5.15. The first-order valence-corrected chi connectivity index (χ1v) is 10.5. The summed E-state index contributed by atoms with van der Waals surface area (Å²) in [5.41, 5.74) is 4.66. The van der Waals surface area contributed by atoms with Gasteiger partial charge in [0.15, 0.2) is 0 Å². The van der Waals surface area contributed by atoms with Gasteiger partial charge in [-0.2, -0.15) is 5.10 Å². The molecule has 0 bridgehead atoms. The Morgan fingerprint density at radius 3 is 2.79 bits per heavy atom. The molecule has 2 aliphatic rings. The van der Waals surface area contributed by atoms with Crippen molar-refractivity contribution in [2.24, 2.45) is 7.05 Å². The van der Waals surface area contributed by atoms with Gasteiger partial charge in [-0.3, -0.25) is 9.58 Å². The summed E-state index contributed by atoms with van der Waals surface area (Å²) in [5.74, 6) is 0.612. The van der Waals surface area contributed by atoms with Crippen LogP contribution in [0.5, 0.6) is 0 Å². The van der Waals surface area contributed by atoms with Gasteiger partial charge in [0.2, 0.25) is 0 Å². The molecular weight excluding hydrogens is 350 g/mol. The van der Waals surface area contributed by atoms with Gasteiger partial charge in [-0.05, 0) is 50.2 Å². The molecule has 1 aliphatic heterocycles. The fourth-order valence-electron chi connectivity index (χ4n) is 5.07. The number of fused-ring (bicyclic) bond motifs is 1. The molecule has 1 atom stereocenters. The lowest BCUT2D eigenvalue weighted by molar-refractivity contribution is -0.0301. The highest BCUT2D eigenvalue weighted by atomic mass is 16.5. The van der Waals surface area contributed by atoms with E-state index in [0.29, 0.717) is 18.0 Å². The summed E-state index contributed by atoms with van der Waals surface area (Å²) in [5, 5.41) is 5.52. The maximum Gasteiger partial charge on any atom is 0.137 e. The molecule has 5 rings (SSSR count). The molecule has 4 heterocycles. The van der Waals surface area contributed by atoms with Crippen molar-refractivity contribution in [1.82, 2.24) is 24.6 Å². The van der Waals surface area contributed by atoms with E-state index in [4.69, 9.17) is 9.72 Å². The second-order valence-electron chi connectivity index (χ2n) is 8.44. The number of rotatable bonds is 3. The van der Waals surface area contributed by atoms with E-state index < -0.39 is 0 Å². The van der Waals surface area contributed by atoms with Crippen LogP contribution in [0, 0.1) is 0 Å². The number of ether oxygens (including phenoxy) is 1. The third-order valence-electron chi connectivity index (χ3n) is 6.62. The molecule has 1 saturated heterocycles. The quantitative estimate of drug-likeness (QED) is 0.754. The summed E-state index contributed by atoms with van der Waals surface area (Å²) in [7, 11) is 1.95. The number of nitrogens with one attached hydrogen (secondary N) is 1. The Hall–Kier alpha value is -2.18. The molecule has 3 aromatic rings. The highest BCUT2D eigenvalue weighted by Crippen LogP contribution is 2.37. The van der Waals surface area contributed by atoms with Gasteiger partial charge in [0.25, 0.3) is 0 Å². The zero-order valence-corrected chi connectivity index (χ0v) is 16.8. The Bertz CT molecular complexity index is 953. The van der Waals surface area contributed by atoms with Crippen molar-refractivity contribution in [2.45, 2.75) is 50.6 Å². The second-order valence-corrected chi connectivity index (χ2v) is 8.44. The number of H-pyrrole nitrogens is 1. The van der Waals surface area contributed by atoms with Gasteiger partial charge < -0.3 is 9.72 Å². The first-order chi connectivity index (χ1) is 13.7. The summed E-state index contributed by atoms with van der Waals surface area (Å²) in [6.07, 6.45) is 13.1. The minimum atomic E-state index is 0.551. The summed E-state index contributed by atoms with van der Waals surface area (Å²) in [6, 6.07) is 3.61. The summed E-state index contributed by atoms with van der Waals surface area (Å²) >= 11 is 0. The first-order valence-electron chi connectivity index (χ1n) is 10.5. The predicted molar refractivity (Wildman–Crippen MR) is 110 cm³/mol. The van der Waals surface area contributed by atoms with Crippen molar-refractivity contribution in [2.75, 3.05) is 19.8 Å². The number of aryl methyl sites for hydroxylation is 1. The van der Waals surface area contributed by atoms with Crippen LogP contribution in [0.4, 0.5) is 0 Å². The van der Waals surface area contributed by atoms with Crippen LogP contribution in [0.25, 0.3) is 22.2 Å². The summed E-state index contributed by atoms with van der Waals surface area (Å²) < 4.78 is 7.46. The Labute approximate surface area is 165 Å². The molecule has 0 radical (unpaired) electrons. The maximum absolute atomic E-state index is 5.62. The van der Waals surface area contributed by atoms with E-state index in [9.17, 15) is 0 Å². The first kappa shape index (κ1) is 17.9. The Morgan fingerprint density at radius 1 is 1.18 bits per heavy atom. The van der Waals surface area contributed by atoms with Gasteiger partial charge in [0.05, 0.1) is 19.4 Å². The van der Waals surface area contributed by atoms with Crippen LogP contribution in [-0.4, -0.2) is 56.5 Å². The van der Waals surface area contributed by atoms with Crippen LogP contribution in [0.3, 0.4) is 0 Å². The molecule has 2 fully saturated rings. The Kier molecular flexibility index (Phi) is 4.69. The zero-order chi connectivity index (χ0) is 19.1. The predicted octanol–water partition coefficient (Wildman–Crippen LogP) is 3.71. The average Bonchev–Trinajstić information content (AvgIpc) is 3.34. The molecule has 0 aromatic carbocycles. The molecule has 1 aliphatic carbocycles. The van der Waals surface area contributed by atoms with Crippen LogP contribution in [0.15, 0.2) is 30.9 Å². The van der Waals surface area contributed by atoms with Crippen LogP contribution >= 0.6 is 0 Å². The Morgan fingerprint density at radius 2 is 2.04 bits per heavy atom. The van der Waals surface area contributed by atoms with Gasteiger partial charge in [-0.25, -0.2) is 4.98 Å². The van der Waals surface area contributed by atoms with Crippen LogP contribution in [-0.2, 0) is 11.8 Å². The molecule has 0 spiro atoms. The molecule has 28 heavy (non-hydrogen) atoms. The monoisotopic (exact) mass is 379 g/mol. The van der Waals surface area contributed by atoms with E-state index in [1.165, 1.54) is 42.2 Å². The SMILES string of the molecule is C[C@H]1COCCN1[C@H]1CC[C@H](c2cnc3[nH]cc(-c4cnn(C)c4)c3c2)CC1. The molecule has 6 heteroatoms. The lowest BCUT2D eigenvalue weighted by atomic mass is 9.81. The average molecular weight is 380 g/mol. The number of aromatic amines is 1. The van der Waals surface area contributed by atoms with Crippen molar-refractivity contribution in [3.05, 3.63) is 36.4 Å². The van der Waals surface area contributed by atoms with E-state index in [-0.39, 0.29) is 0 Å². The highest BCUT2D eigenvalue weighted by molar-refractivity contribution is 5.93. The van der Waals surface area contributed by atoms with Gasteiger partial charge in [-0.1, -0.05) is 0 Å². The molecule has 6 nitrogen and oxygen atoms in total. The van der Waals surface area contributed by atoms with Crippen molar-refractivity contribution in [3.8, 4) is 11.1 Å². The van der Waals surface area contributed by atoms with Gasteiger partial charge in [-0.15, -0.1) is 0 Å². The fourth-order valence-corrected chi connectivity index (χ4v) is 5.07. The lowest BCUT2D eigenvalue weighted by Gasteiger charge is -2.42.